The first-order valence-corrected chi connectivity index (χ1v) is 8.31. The Labute approximate surface area is 149 Å². The Morgan fingerprint density at radius 1 is 1.04 bits per heavy atom. The highest BCUT2D eigenvalue weighted by molar-refractivity contribution is 9.10. The van der Waals surface area contributed by atoms with Crippen LogP contribution in [0.3, 0.4) is 0 Å². The lowest BCUT2D eigenvalue weighted by Gasteiger charge is -2.21. The lowest BCUT2D eigenvalue weighted by molar-refractivity contribution is 0.894. The highest BCUT2D eigenvalue weighted by atomic mass is 79.9. The number of halogens is 1. The second-order valence-electron chi connectivity index (χ2n) is 5.43. The van der Waals surface area contributed by atoms with Gasteiger partial charge in [-0.1, -0.05) is 46.3 Å². The Bertz CT molecular complexity index is 805. The van der Waals surface area contributed by atoms with E-state index in [1.807, 2.05) is 54.4 Å². The number of hydrogen-bond donors (Lipinski definition) is 2. The molecule has 0 aliphatic heterocycles. The van der Waals surface area contributed by atoms with Crippen LogP contribution in [-0.4, -0.2) is 17.0 Å². The summed E-state index contributed by atoms with van der Waals surface area (Å²) in [6, 6.07) is 18.0. The van der Waals surface area contributed by atoms with E-state index in [-0.39, 0.29) is 0 Å². The minimum Gasteiger partial charge on any atom is -0.393 e. The molecule has 0 unspecified atom stereocenters. The summed E-state index contributed by atoms with van der Waals surface area (Å²) in [4.78, 5) is 10.6. The molecule has 0 spiro atoms. The lowest BCUT2D eigenvalue weighted by atomic mass is 10.2. The molecule has 0 radical (unpaired) electrons. The van der Waals surface area contributed by atoms with Gasteiger partial charge in [-0.15, -0.1) is 0 Å². The van der Waals surface area contributed by atoms with Crippen molar-refractivity contribution in [3.05, 3.63) is 71.0 Å². The van der Waals surface area contributed by atoms with E-state index in [1.165, 1.54) is 11.9 Å². The predicted octanol–water partition coefficient (Wildman–Crippen LogP) is 4.20. The maximum absolute atomic E-state index is 6.28. The van der Waals surface area contributed by atoms with E-state index < -0.39 is 0 Å². The zero-order chi connectivity index (χ0) is 16.9. The average molecular weight is 384 g/mol. The van der Waals surface area contributed by atoms with Crippen LogP contribution >= 0.6 is 15.9 Å². The molecule has 0 saturated carbocycles. The first-order valence-electron chi connectivity index (χ1n) is 7.51. The molecule has 0 saturated heterocycles. The van der Waals surface area contributed by atoms with Crippen LogP contribution in [0.4, 0.5) is 23.0 Å². The topological polar surface area (TPSA) is 67.1 Å². The van der Waals surface area contributed by atoms with Gasteiger partial charge in [0.15, 0.2) is 11.6 Å². The van der Waals surface area contributed by atoms with Crippen LogP contribution in [0.5, 0.6) is 0 Å². The summed E-state index contributed by atoms with van der Waals surface area (Å²) >= 11 is 3.42. The van der Waals surface area contributed by atoms with E-state index in [9.17, 15) is 0 Å². The second kappa shape index (κ2) is 7.31. The van der Waals surface area contributed by atoms with Crippen LogP contribution in [0.15, 0.2) is 65.4 Å². The molecule has 0 bridgehead atoms. The first kappa shape index (κ1) is 16.3. The molecule has 0 aliphatic rings. The fourth-order valence-electron chi connectivity index (χ4n) is 2.39. The van der Waals surface area contributed by atoms with Gasteiger partial charge in [0.25, 0.3) is 0 Å². The summed E-state index contributed by atoms with van der Waals surface area (Å²) in [5, 5.41) is 3.23. The van der Waals surface area contributed by atoms with Gasteiger partial charge in [0.1, 0.15) is 12.0 Å². The number of nitrogens with two attached hydrogens (primary N) is 1. The van der Waals surface area contributed by atoms with E-state index in [0.29, 0.717) is 17.3 Å². The monoisotopic (exact) mass is 383 g/mol. The molecule has 3 aromatic rings. The number of hydrogen-bond acceptors (Lipinski definition) is 5. The SMILES string of the molecule is CN(Cc1ccccc1)c1ncnc(Nc2ccc(Br)cc2)c1N. The molecule has 122 valence electrons. The number of rotatable bonds is 5. The minimum absolute atomic E-state index is 0.527. The molecule has 1 aromatic heterocycles. The molecule has 0 aliphatic carbocycles. The van der Waals surface area contributed by atoms with Crippen molar-refractivity contribution in [3.63, 3.8) is 0 Å². The van der Waals surface area contributed by atoms with Crippen molar-refractivity contribution in [2.45, 2.75) is 6.54 Å². The molecular weight excluding hydrogens is 366 g/mol. The third kappa shape index (κ3) is 3.83. The molecule has 5 nitrogen and oxygen atoms in total. The number of benzene rings is 2. The van der Waals surface area contributed by atoms with E-state index in [0.717, 1.165) is 16.7 Å². The standard InChI is InChI=1S/C18H18BrN5/c1-24(11-13-5-3-2-4-6-13)18-16(20)17(21-12-22-18)23-15-9-7-14(19)8-10-15/h2-10,12H,11,20H2,1H3,(H,21,22,23). The van der Waals surface area contributed by atoms with Crippen LogP contribution in [0.1, 0.15) is 5.56 Å². The molecule has 1 heterocycles. The van der Waals surface area contributed by atoms with Crippen molar-refractivity contribution >= 4 is 38.9 Å². The number of nitrogens with one attached hydrogen (secondary N) is 1. The Kier molecular flexibility index (Phi) is 4.96. The third-order valence-corrected chi connectivity index (χ3v) is 4.12. The highest BCUT2D eigenvalue weighted by Crippen LogP contribution is 2.29. The summed E-state index contributed by atoms with van der Waals surface area (Å²) in [7, 11) is 1.97. The Morgan fingerprint density at radius 3 is 2.46 bits per heavy atom. The fourth-order valence-corrected chi connectivity index (χ4v) is 2.66. The van der Waals surface area contributed by atoms with Crippen LogP contribution in [-0.2, 0) is 6.54 Å². The van der Waals surface area contributed by atoms with E-state index >= 15 is 0 Å². The zero-order valence-corrected chi connectivity index (χ0v) is 14.9. The lowest BCUT2D eigenvalue weighted by Crippen LogP contribution is -2.20. The molecule has 3 N–H and O–H groups in total. The van der Waals surface area contributed by atoms with Gasteiger partial charge >= 0.3 is 0 Å². The quantitative estimate of drug-likeness (QED) is 0.690. The van der Waals surface area contributed by atoms with Crippen molar-refractivity contribution in [1.82, 2.24) is 9.97 Å². The molecule has 3 rings (SSSR count). The van der Waals surface area contributed by atoms with Gasteiger partial charge in [-0.2, -0.15) is 0 Å². The Morgan fingerprint density at radius 2 is 1.75 bits per heavy atom. The summed E-state index contributed by atoms with van der Waals surface area (Å²) in [6.07, 6.45) is 1.52. The maximum atomic E-state index is 6.28. The smallest absolute Gasteiger partial charge is 0.159 e. The van der Waals surface area contributed by atoms with E-state index in [4.69, 9.17) is 5.73 Å². The molecule has 24 heavy (non-hydrogen) atoms. The third-order valence-electron chi connectivity index (χ3n) is 3.59. The number of aromatic nitrogens is 2. The summed E-state index contributed by atoms with van der Waals surface area (Å²) in [5.74, 6) is 1.30. The highest BCUT2D eigenvalue weighted by Gasteiger charge is 2.12. The Hall–Kier alpha value is -2.60. The van der Waals surface area contributed by atoms with E-state index in [2.05, 4.69) is 43.3 Å². The van der Waals surface area contributed by atoms with Gasteiger partial charge in [-0.25, -0.2) is 9.97 Å². The van der Waals surface area contributed by atoms with Gasteiger partial charge < -0.3 is 16.0 Å². The summed E-state index contributed by atoms with van der Waals surface area (Å²) in [5.41, 5.74) is 8.92. The van der Waals surface area contributed by atoms with Gasteiger partial charge in [-0.3, -0.25) is 0 Å². The molecule has 0 fully saturated rings. The van der Waals surface area contributed by atoms with Crippen LogP contribution in [0, 0.1) is 0 Å². The van der Waals surface area contributed by atoms with E-state index in [1.54, 1.807) is 0 Å². The second-order valence-corrected chi connectivity index (χ2v) is 6.35. The molecule has 6 heteroatoms. The summed E-state index contributed by atoms with van der Waals surface area (Å²) in [6.45, 7) is 0.722. The largest absolute Gasteiger partial charge is 0.393 e. The van der Waals surface area contributed by atoms with Crippen LogP contribution in [0.2, 0.25) is 0 Å². The van der Waals surface area contributed by atoms with Crippen molar-refractivity contribution in [3.8, 4) is 0 Å². The average Bonchev–Trinajstić information content (AvgIpc) is 2.59. The van der Waals surface area contributed by atoms with Crippen LogP contribution < -0.4 is 16.0 Å². The Balaban J connectivity index is 1.81. The normalized spacial score (nSPS) is 10.4. The number of nitrogen functional groups attached to an aromatic ring is 1. The van der Waals surface area contributed by atoms with Crippen LogP contribution in [0.25, 0.3) is 0 Å². The number of nitrogens with zero attached hydrogens (tertiary/aromatic N) is 3. The summed E-state index contributed by atoms with van der Waals surface area (Å²) < 4.78 is 1.02. The molecule has 0 amide bonds. The minimum atomic E-state index is 0.527. The molecule has 2 aromatic carbocycles. The number of anilines is 4. The van der Waals surface area contributed by atoms with Gasteiger partial charge in [-0.05, 0) is 29.8 Å². The van der Waals surface area contributed by atoms with Gasteiger partial charge in [0.2, 0.25) is 0 Å². The fraction of sp³-hybridized carbons (Fsp3) is 0.111. The predicted molar refractivity (Wildman–Crippen MR) is 102 cm³/mol. The first-order chi connectivity index (χ1) is 11.6. The van der Waals surface area contributed by atoms with Crippen molar-refractivity contribution in [2.75, 3.05) is 23.0 Å². The van der Waals surface area contributed by atoms with Crippen molar-refractivity contribution < 1.29 is 0 Å². The van der Waals surface area contributed by atoms with Gasteiger partial charge in [0.05, 0.1) is 0 Å². The molecular formula is C18H18BrN5. The maximum Gasteiger partial charge on any atom is 0.159 e. The zero-order valence-electron chi connectivity index (χ0n) is 13.3. The van der Waals surface area contributed by atoms with Crippen molar-refractivity contribution in [1.29, 1.82) is 0 Å². The molecule has 0 atom stereocenters. The van der Waals surface area contributed by atoms with Gasteiger partial charge in [0, 0.05) is 23.8 Å². The van der Waals surface area contributed by atoms with Crippen molar-refractivity contribution in [2.24, 2.45) is 0 Å².